The van der Waals surface area contributed by atoms with Gasteiger partial charge in [0.1, 0.15) is 12.2 Å². The minimum absolute atomic E-state index is 0.0101. The summed E-state index contributed by atoms with van der Waals surface area (Å²) in [6, 6.07) is 8.59. The van der Waals surface area contributed by atoms with E-state index in [2.05, 4.69) is 80.1 Å². The molecule has 0 bridgehead atoms. The van der Waals surface area contributed by atoms with Crippen molar-refractivity contribution in [1.82, 2.24) is 14.8 Å². The van der Waals surface area contributed by atoms with Gasteiger partial charge >= 0.3 is 0 Å². The third kappa shape index (κ3) is 3.57. The number of aromatic nitrogens is 3. The number of benzene rings is 1. The van der Waals surface area contributed by atoms with Crippen LogP contribution in [0.5, 0.6) is 0 Å². The number of nitrogens with zero attached hydrogens (tertiary/aromatic N) is 3. The van der Waals surface area contributed by atoms with Crippen LogP contribution in [0.25, 0.3) is 0 Å². The molecule has 0 amide bonds. The first-order valence-corrected chi connectivity index (χ1v) is 9.46. The second kappa shape index (κ2) is 7.54. The Morgan fingerprint density at radius 3 is 2.52 bits per heavy atom. The Bertz CT molecular complexity index is 576. The van der Waals surface area contributed by atoms with Crippen LogP contribution in [0.2, 0.25) is 0 Å². The fourth-order valence-electron chi connectivity index (χ4n) is 2.66. The zero-order valence-corrected chi connectivity index (χ0v) is 15.7. The summed E-state index contributed by atoms with van der Waals surface area (Å²) in [4.78, 5) is 4.48. The van der Waals surface area contributed by atoms with Crippen molar-refractivity contribution < 1.29 is 0 Å². The predicted molar refractivity (Wildman–Crippen MR) is 94.5 cm³/mol. The number of alkyl halides is 2. The average Bonchev–Trinajstić information content (AvgIpc) is 2.93. The van der Waals surface area contributed by atoms with Crippen LogP contribution in [0.3, 0.4) is 0 Å². The van der Waals surface area contributed by atoms with Crippen molar-refractivity contribution in [2.24, 2.45) is 0 Å². The first-order chi connectivity index (χ1) is 10.2. The molecule has 0 fully saturated rings. The molecule has 0 atom stereocenters. The molecule has 2 aromatic rings. The summed E-state index contributed by atoms with van der Waals surface area (Å²) in [5.74, 6) is 1.05. The summed E-state index contributed by atoms with van der Waals surface area (Å²) in [5.41, 5.74) is 2.67. The largest absolute Gasteiger partial charge is 0.250 e. The topological polar surface area (TPSA) is 30.7 Å². The monoisotopic (exact) mass is 413 g/mol. The number of halogens is 2. The molecule has 3 nitrogen and oxygen atoms in total. The van der Waals surface area contributed by atoms with E-state index in [0.29, 0.717) is 0 Å². The van der Waals surface area contributed by atoms with E-state index in [1.54, 1.807) is 6.33 Å². The second-order valence-corrected chi connectivity index (χ2v) is 6.56. The molecule has 0 radical (unpaired) electrons. The van der Waals surface area contributed by atoms with Crippen molar-refractivity contribution in [3.8, 4) is 0 Å². The lowest BCUT2D eigenvalue weighted by Gasteiger charge is -2.32. The molecule has 0 aliphatic rings. The molecular weight excluding hydrogens is 394 g/mol. The molecular formula is C16H21Br2N3. The third-order valence-electron chi connectivity index (χ3n) is 3.86. The molecule has 114 valence electrons. The van der Waals surface area contributed by atoms with E-state index in [4.69, 9.17) is 0 Å². The highest BCUT2D eigenvalue weighted by atomic mass is 79.9. The number of hydrogen-bond acceptors (Lipinski definition) is 2. The van der Waals surface area contributed by atoms with Gasteiger partial charge in [-0.25, -0.2) is 4.98 Å². The van der Waals surface area contributed by atoms with E-state index < -0.39 is 0 Å². The van der Waals surface area contributed by atoms with Crippen LogP contribution >= 0.6 is 31.9 Å². The zero-order chi connectivity index (χ0) is 15.3. The van der Waals surface area contributed by atoms with Gasteiger partial charge in [0.2, 0.25) is 0 Å². The van der Waals surface area contributed by atoms with Gasteiger partial charge < -0.3 is 0 Å². The van der Waals surface area contributed by atoms with Crippen LogP contribution in [0.1, 0.15) is 30.3 Å². The lowest BCUT2D eigenvalue weighted by Crippen LogP contribution is -2.35. The summed E-state index contributed by atoms with van der Waals surface area (Å²) in [5, 5.41) is 6.12. The number of rotatable bonds is 7. The van der Waals surface area contributed by atoms with Crippen molar-refractivity contribution in [1.29, 1.82) is 0 Å². The molecule has 5 heteroatoms. The Kier molecular flexibility index (Phi) is 5.99. The minimum Gasteiger partial charge on any atom is -0.250 e. The quantitative estimate of drug-likeness (QED) is 0.633. The van der Waals surface area contributed by atoms with E-state index in [1.807, 2.05) is 4.68 Å². The van der Waals surface area contributed by atoms with Crippen molar-refractivity contribution in [3.05, 3.63) is 47.5 Å². The molecule has 0 N–H and O–H groups in total. The Hall–Kier alpha value is -0.680. The first kappa shape index (κ1) is 16.7. The van der Waals surface area contributed by atoms with E-state index in [-0.39, 0.29) is 5.41 Å². The van der Waals surface area contributed by atoms with Gasteiger partial charge in [-0.3, -0.25) is 4.68 Å². The van der Waals surface area contributed by atoms with Crippen LogP contribution in [0, 0.1) is 6.92 Å². The molecule has 1 aromatic heterocycles. The van der Waals surface area contributed by atoms with Crippen molar-refractivity contribution >= 4 is 31.9 Å². The molecule has 0 saturated heterocycles. The van der Waals surface area contributed by atoms with Crippen LogP contribution in [-0.4, -0.2) is 25.4 Å². The van der Waals surface area contributed by atoms with Gasteiger partial charge in [0.15, 0.2) is 0 Å². The summed E-state index contributed by atoms with van der Waals surface area (Å²) < 4.78 is 2.03. The summed E-state index contributed by atoms with van der Waals surface area (Å²) in [7, 11) is 0. The maximum Gasteiger partial charge on any atom is 0.138 e. The van der Waals surface area contributed by atoms with Crippen LogP contribution in [0.4, 0.5) is 0 Å². The normalized spacial score (nSPS) is 11.8. The van der Waals surface area contributed by atoms with Crippen LogP contribution in [0.15, 0.2) is 30.6 Å². The molecule has 0 spiro atoms. The Morgan fingerprint density at radius 2 is 1.90 bits per heavy atom. The summed E-state index contributed by atoms with van der Waals surface area (Å²) >= 11 is 7.45. The van der Waals surface area contributed by atoms with E-state index in [9.17, 15) is 0 Å². The molecule has 0 saturated carbocycles. The molecule has 21 heavy (non-hydrogen) atoms. The highest BCUT2D eigenvalue weighted by Crippen LogP contribution is 2.34. The van der Waals surface area contributed by atoms with Gasteiger partial charge in [0.05, 0.1) is 0 Å². The molecule has 2 rings (SSSR count). The van der Waals surface area contributed by atoms with E-state index in [0.717, 1.165) is 35.9 Å². The Labute approximate surface area is 143 Å². The van der Waals surface area contributed by atoms with Crippen molar-refractivity contribution in [3.63, 3.8) is 0 Å². The van der Waals surface area contributed by atoms with Gasteiger partial charge in [-0.2, -0.15) is 5.10 Å². The molecule has 0 aliphatic heterocycles. The Balaban J connectivity index is 2.39. The van der Waals surface area contributed by atoms with Crippen molar-refractivity contribution in [2.75, 3.05) is 10.7 Å². The number of aryl methyl sites for hydroxylation is 2. The summed E-state index contributed by atoms with van der Waals surface area (Å²) in [6.07, 6.45) is 3.60. The van der Waals surface area contributed by atoms with Gasteiger partial charge in [-0.05, 0) is 24.5 Å². The van der Waals surface area contributed by atoms with Crippen molar-refractivity contribution in [2.45, 2.75) is 38.6 Å². The summed E-state index contributed by atoms with van der Waals surface area (Å²) in [6.45, 7) is 5.25. The molecule has 0 unspecified atom stereocenters. The highest BCUT2D eigenvalue weighted by Gasteiger charge is 2.33. The fraction of sp³-hybridized carbons (Fsp3) is 0.500. The maximum atomic E-state index is 4.48. The highest BCUT2D eigenvalue weighted by molar-refractivity contribution is 9.09. The van der Waals surface area contributed by atoms with Gasteiger partial charge in [-0.15, -0.1) is 0 Å². The number of hydrogen-bond donors (Lipinski definition) is 0. The maximum absolute atomic E-state index is 4.48. The van der Waals surface area contributed by atoms with Gasteiger partial charge in [-0.1, -0.05) is 63.0 Å². The molecule has 0 aliphatic carbocycles. The lowest BCUT2D eigenvalue weighted by molar-refractivity contribution is 0.487. The lowest BCUT2D eigenvalue weighted by atomic mass is 9.79. The minimum atomic E-state index is -0.0101. The van der Waals surface area contributed by atoms with Gasteiger partial charge in [0.25, 0.3) is 0 Å². The third-order valence-corrected chi connectivity index (χ3v) is 6.00. The first-order valence-electron chi connectivity index (χ1n) is 7.21. The second-order valence-electron chi connectivity index (χ2n) is 5.44. The van der Waals surface area contributed by atoms with Gasteiger partial charge in [0, 0.05) is 29.0 Å². The van der Waals surface area contributed by atoms with Crippen LogP contribution in [-0.2, 0) is 18.4 Å². The SMILES string of the molecule is CCCn1ncnc1CC(CBr)(CBr)c1ccccc1C. The predicted octanol–water partition coefficient (Wildman–Crippen LogP) is 4.27. The standard InChI is InChI=1S/C16H21Br2N3/c1-3-8-21-15(19-12-20-21)9-16(10-17,11-18)14-7-5-4-6-13(14)2/h4-7,12H,3,8-11H2,1-2H3. The molecule has 1 heterocycles. The average molecular weight is 415 g/mol. The van der Waals surface area contributed by atoms with E-state index >= 15 is 0 Å². The van der Waals surface area contributed by atoms with Crippen LogP contribution < -0.4 is 0 Å². The Morgan fingerprint density at radius 1 is 1.19 bits per heavy atom. The molecule has 1 aromatic carbocycles. The van der Waals surface area contributed by atoms with E-state index in [1.165, 1.54) is 11.1 Å². The zero-order valence-electron chi connectivity index (χ0n) is 12.5. The fourth-order valence-corrected chi connectivity index (χ4v) is 4.59. The smallest absolute Gasteiger partial charge is 0.138 e.